The Balaban J connectivity index is -0.000000427. The van der Waals surface area contributed by atoms with Crippen LogP contribution in [0.4, 0.5) is 0 Å². The second-order valence-electron chi connectivity index (χ2n) is 5.07. The summed E-state index contributed by atoms with van der Waals surface area (Å²) in [5, 5.41) is 3.43. The Morgan fingerprint density at radius 3 is 1.50 bits per heavy atom. The predicted molar refractivity (Wildman–Crippen MR) is 78.4 cm³/mol. The van der Waals surface area contributed by atoms with Gasteiger partial charge in [-0.25, -0.2) is 0 Å². The van der Waals surface area contributed by atoms with Crippen molar-refractivity contribution in [3.05, 3.63) is 0 Å². The summed E-state index contributed by atoms with van der Waals surface area (Å²) in [7, 11) is 0. The van der Waals surface area contributed by atoms with Crippen LogP contribution in [0, 0.1) is 0 Å². The molecule has 0 rings (SSSR count). The van der Waals surface area contributed by atoms with Gasteiger partial charge in [-0.15, -0.1) is 0 Å². The van der Waals surface area contributed by atoms with Crippen LogP contribution in [0.3, 0.4) is 0 Å². The van der Waals surface area contributed by atoms with Gasteiger partial charge in [-0.1, -0.05) is 64.7 Å². The topological polar surface area (TPSA) is 38.0 Å². The van der Waals surface area contributed by atoms with Gasteiger partial charge in [0.2, 0.25) is 0 Å². The first kappa shape index (κ1) is 29.2. The SMILES string of the molecule is CCCCCCCCCCCCNCCCN.[Cl-].[Cl-].[Pt+2]. The Bertz CT molecular complexity index is 127. The number of halogens is 2. The van der Waals surface area contributed by atoms with E-state index in [1.165, 1.54) is 70.8 Å². The van der Waals surface area contributed by atoms with E-state index in [2.05, 4.69) is 12.2 Å². The van der Waals surface area contributed by atoms with Gasteiger partial charge >= 0.3 is 21.1 Å². The van der Waals surface area contributed by atoms with Crippen molar-refractivity contribution in [2.75, 3.05) is 19.6 Å². The Kier molecular flexibility index (Phi) is 41.5. The number of hydrogen-bond acceptors (Lipinski definition) is 2. The molecule has 0 amide bonds. The average molecular weight is 508 g/mol. The van der Waals surface area contributed by atoms with Gasteiger partial charge in [0, 0.05) is 0 Å². The molecule has 0 aromatic heterocycles. The van der Waals surface area contributed by atoms with Crippen LogP contribution in [-0.4, -0.2) is 19.6 Å². The Hall–Kier alpha value is 1.19. The molecule has 0 fully saturated rings. The summed E-state index contributed by atoms with van der Waals surface area (Å²) in [5.74, 6) is 0. The molecule has 0 saturated heterocycles. The second kappa shape index (κ2) is 28.4. The Labute approximate surface area is 153 Å². The maximum Gasteiger partial charge on any atom is 2.00 e. The van der Waals surface area contributed by atoms with Gasteiger partial charge in [0.05, 0.1) is 0 Å². The summed E-state index contributed by atoms with van der Waals surface area (Å²) < 4.78 is 0. The Morgan fingerprint density at radius 2 is 1.05 bits per heavy atom. The van der Waals surface area contributed by atoms with Crippen molar-refractivity contribution >= 4 is 0 Å². The van der Waals surface area contributed by atoms with E-state index in [0.29, 0.717) is 0 Å². The molecule has 0 saturated carbocycles. The molecule has 3 N–H and O–H groups in total. The molecule has 2 nitrogen and oxygen atoms in total. The first-order valence-electron chi connectivity index (χ1n) is 7.82. The molecule has 0 aromatic rings. The van der Waals surface area contributed by atoms with Crippen LogP contribution in [0.2, 0.25) is 0 Å². The standard InChI is InChI=1S/C15H34N2.2ClH.Pt/c1-2-3-4-5-6-7-8-9-10-11-14-17-15-12-13-16;;;/h17H,2-16H2,1H3;2*1H;/q;;;+2/p-2. The molecule has 0 unspecified atom stereocenters. The maximum atomic E-state index is 5.43. The van der Waals surface area contributed by atoms with Crippen molar-refractivity contribution in [3.63, 3.8) is 0 Å². The van der Waals surface area contributed by atoms with Crippen LogP contribution < -0.4 is 35.9 Å². The van der Waals surface area contributed by atoms with E-state index >= 15 is 0 Å². The minimum absolute atomic E-state index is 0. The molecule has 0 aromatic carbocycles. The van der Waals surface area contributed by atoms with Crippen LogP contribution in [0.5, 0.6) is 0 Å². The van der Waals surface area contributed by atoms with Crippen LogP contribution in [0.25, 0.3) is 0 Å². The summed E-state index contributed by atoms with van der Waals surface area (Å²) in [4.78, 5) is 0. The van der Waals surface area contributed by atoms with Crippen LogP contribution in [0.1, 0.15) is 77.6 Å². The summed E-state index contributed by atoms with van der Waals surface area (Å²) in [6.45, 7) is 5.36. The molecule has 0 bridgehead atoms. The van der Waals surface area contributed by atoms with Gasteiger partial charge in [0.1, 0.15) is 0 Å². The van der Waals surface area contributed by atoms with Gasteiger partial charge in [-0.2, -0.15) is 0 Å². The van der Waals surface area contributed by atoms with Crippen molar-refractivity contribution in [1.29, 1.82) is 0 Å². The smallest absolute Gasteiger partial charge is 1.00 e. The molecule has 0 atom stereocenters. The van der Waals surface area contributed by atoms with Crippen LogP contribution in [-0.2, 0) is 21.1 Å². The molecular formula is C15H34Cl2N2Pt. The normalized spacial score (nSPS) is 9.30. The number of rotatable bonds is 14. The third kappa shape index (κ3) is 27.5. The van der Waals surface area contributed by atoms with E-state index < -0.39 is 0 Å². The van der Waals surface area contributed by atoms with Gasteiger partial charge in [0.25, 0.3) is 0 Å². The minimum atomic E-state index is 0. The van der Waals surface area contributed by atoms with Crippen molar-refractivity contribution in [2.45, 2.75) is 77.6 Å². The van der Waals surface area contributed by atoms with E-state index in [4.69, 9.17) is 5.73 Å². The van der Waals surface area contributed by atoms with Crippen molar-refractivity contribution in [3.8, 4) is 0 Å². The zero-order valence-electron chi connectivity index (χ0n) is 13.0. The van der Waals surface area contributed by atoms with Gasteiger partial charge in [-0.05, 0) is 32.5 Å². The number of nitrogens with two attached hydrogens (primary N) is 1. The summed E-state index contributed by atoms with van der Waals surface area (Å²) in [6.07, 6.45) is 15.3. The first-order chi connectivity index (χ1) is 8.41. The largest absolute Gasteiger partial charge is 2.00 e. The van der Waals surface area contributed by atoms with E-state index in [1.807, 2.05) is 0 Å². The zero-order chi connectivity index (χ0) is 12.6. The molecule has 0 radical (unpaired) electrons. The quantitative estimate of drug-likeness (QED) is 0.263. The predicted octanol–water partition coefficient (Wildman–Crippen LogP) is -2.15. The van der Waals surface area contributed by atoms with E-state index in [1.54, 1.807) is 0 Å². The number of hydrogen-bond donors (Lipinski definition) is 2. The molecular weight excluding hydrogens is 474 g/mol. The Morgan fingerprint density at radius 1 is 0.650 bits per heavy atom. The molecule has 5 heteroatoms. The van der Waals surface area contributed by atoms with Gasteiger partial charge in [-0.3, -0.25) is 0 Å². The minimum Gasteiger partial charge on any atom is -1.00 e. The molecule has 20 heavy (non-hydrogen) atoms. The van der Waals surface area contributed by atoms with Crippen LogP contribution >= 0.6 is 0 Å². The molecule has 0 aliphatic carbocycles. The fraction of sp³-hybridized carbons (Fsp3) is 1.00. The van der Waals surface area contributed by atoms with E-state index in [0.717, 1.165) is 19.5 Å². The third-order valence-corrected chi connectivity index (χ3v) is 3.26. The van der Waals surface area contributed by atoms with E-state index in [9.17, 15) is 0 Å². The third-order valence-electron chi connectivity index (χ3n) is 3.26. The molecule has 128 valence electrons. The summed E-state index contributed by atoms with van der Waals surface area (Å²) in [6, 6.07) is 0. The number of nitrogens with one attached hydrogen (secondary N) is 1. The molecule has 0 heterocycles. The van der Waals surface area contributed by atoms with Crippen molar-refractivity contribution < 1.29 is 45.9 Å². The monoisotopic (exact) mass is 507 g/mol. The fourth-order valence-corrected chi connectivity index (χ4v) is 2.09. The summed E-state index contributed by atoms with van der Waals surface area (Å²) >= 11 is 0. The molecule has 0 aliphatic rings. The van der Waals surface area contributed by atoms with E-state index in [-0.39, 0.29) is 45.9 Å². The molecule has 0 aliphatic heterocycles. The first-order valence-corrected chi connectivity index (χ1v) is 7.82. The number of unbranched alkanes of at least 4 members (excludes halogenated alkanes) is 9. The molecule has 0 spiro atoms. The van der Waals surface area contributed by atoms with Crippen LogP contribution in [0.15, 0.2) is 0 Å². The van der Waals surface area contributed by atoms with Gasteiger partial charge < -0.3 is 35.9 Å². The second-order valence-corrected chi connectivity index (χ2v) is 5.07. The van der Waals surface area contributed by atoms with Crippen molar-refractivity contribution in [1.82, 2.24) is 5.32 Å². The summed E-state index contributed by atoms with van der Waals surface area (Å²) in [5.41, 5.74) is 5.43. The van der Waals surface area contributed by atoms with Gasteiger partial charge in [0.15, 0.2) is 0 Å². The average Bonchev–Trinajstić information content (AvgIpc) is 2.35. The van der Waals surface area contributed by atoms with Crippen molar-refractivity contribution in [2.24, 2.45) is 5.73 Å². The fourth-order valence-electron chi connectivity index (χ4n) is 2.09. The maximum absolute atomic E-state index is 5.43. The zero-order valence-corrected chi connectivity index (χ0v) is 16.8.